The summed E-state index contributed by atoms with van der Waals surface area (Å²) in [5.41, 5.74) is 1.80. The highest BCUT2D eigenvalue weighted by Gasteiger charge is 2.49. The third-order valence-electron chi connectivity index (χ3n) is 10.5. The normalized spacial score (nSPS) is 37.6. The van der Waals surface area contributed by atoms with Crippen LogP contribution in [0.2, 0.25) is 0 Å². The maximum atomic E-state index is 14.3. The third kappa shape index (κ3) is 4.56. The van der Waals surface area contributed by atoms with Gasteiger partial charge in [-0.25, -0.2) is 4.79 Å². The molecule has 218 valence electrons. The average molecular weight is 581 g/mol. The summed E-state index contributed by atoms with van der Waals surface area (Å²) in [5, 5.41) is 0. The van der Waals surface area contributed by atoms with Crippen LogP contribution >= 0.6 is 0 Å². The molecule has 6 fully saturated rings. The minimum atomic E-state index is -4.74. The van der Waals surface area contributed by atoms with Gasteiger partial charge >= 0.3 is 16.1 Å². The van der Waals surface area contributed by atoms with Crippen LogP contribution in [0, 0.1) is 0 Å². The van der Waals surface area contributed by atoms with Crippen LogP contribution in [0.15, 0.2) is 42.5 Å². The monoisotopic (exact) mass is 580 g/mol. The van der Waals surface area contributed by atoms with Crippen molar-refractivity contribution in [3.63, 3.8) is 0 Å². The lowest BCUT2D eigenvalue weighted by atomic mass is 9.73. The van der Waals surface area contributed by atoms with Crippen molar-refractivity contribution in [2.24, 2.45) is 0 Å². The Bertz CT molecular complexity index is 1410. The van der Waals surface area contributed by atoms with E-state index in [-0.39, 0.29) is 53.8 Å². The van der Waals surface area contributed by atoms with E-state index < -0.39 is 21.5 Å². The van der Waals surface area contributed by atoms with E-state index >= 15 is 0 Å². The van der Waals surface area contributed by atoms with Crippen LogP contribution in [0.3, 0.4) is 0 Å². The second-order valence-corrected chi connectivity index (χ2v) is 14.3. The van der Waals surface area contributed by atoms with E-state index in [1.165, 1.54) is 5.56 Å². The Morgan fingerprint density at radius 1 is 0.756 bits per heavy atom. The molecule has 0 spiro atoms. The average Bonchev–Trinajstić information content (AvgIpc) is 3.83. The molecule has 8 nitrogen and oxygen atoms in total. The number of carbonyl (C=O) groups excluding carboxylic acids is 1. The highest BCUT2D eigenvalue weighted by atomic mass is 32.2. The van der Waals surface area contributed by atoms with Gasteiger partial charge in [0.15, 0.2) is 0 Å². The summed E-state index contributed by atoms with van der Waals surface area (Å²) >= 11 is 0. The van der Waals surface area contributed by atoms with Crippen LogP contribution in [-0.4, -0.2) is 55.6 Å². The van der Waals surface area contributed by atoms with Crippen molar-refractivity contribution >= 4 is 16.1 Å². The van der Waals surface area contributed by atoms with Crippen molar-refractivity contribution < 1.29 is 36.7 Å². The molecule has 2 aromatic rings. The lowest BCUT2D eigenvalue weighted by Gasteiger charge is -2.30. The number of carbonyl (C=O) groups is 1. The number of rotatable bonds is 7. The first kappa shape index (κ1) is 26.3. The molecule has 6 saturated heterocycles. The van der Waals surface area contributed by atoms with E-state index in [4.69, 9.17) is 18.9 Å². The van der Waals surface area contributed by atoms with E-state index in [1.54, 1.807) is 30.3 Å². The standard InChI is InChI=1S/C32H36O8S/c33-31(40-32(41(34,35)36)17-4-2-1-3-5-17)30-25(23-15-20-7-10-28(23)38-20)12-18(22-14-19-6-9-27(22)37-19)13-26(30)24-16-21-8-11-29(24)39-21/h1-5,12-13,19-24,27-29,32H,6-11,14-16H2,(H,34,35,36). The van der Waals surface area contributed by atoms with Crippen molar-refractivity contribution in [2.75, 3.05) is 0 Å². The molecule has 8 rings (SSSR count). The second-order valence-electron chi connectivity index (χ2n) is 12.9. The Labute approximate surface area is 240 Å². The molecule has 6 aliphatic rings. The SMILES string of the molecule is O=C(OC(c1ccccc1)S(=O)(=O)O)c1c(C2CC3CCC2O3)cc(C2CC3CCC2O3)cc1C1CC2CCC1O2. The van der Waals surface area contributed by atoms with Gasteiger partial charge in [-0.2, -0.15) is 8.42 Å². The summed E-state index contributed by atoms with van der Waals surface area (Å²) in [4.78, 5) is 14.3. The number of fused-ring (bicyclic) bond motifs is 6. The van der Waals surface area contributed by atoms with Gasteiger partial charge in [-0.15, -0.1) is 0 Å². The first-order valence-electron chi connectivity index (χ1n) is 15.2. The van der Waals surface area contributed by atoms with E-state index in [9.17, 15) is 17.8 Å². The van der Waals surface area contributed by atoms with Crippen LogP contribution in [0.1, 0.15) is 114 Å². The molecule has 41 heavy (non-hydrogen) atoms. The lowest BCUT2D eigenvalue weighted by molar-refractivity contribution is 0.0422. The summed E-state index contributed by atoms with van der Waals surface area (Å²) in [6, 6.07) is 12.5. The predicted molar refractivity (Wildman–Crippen MR) is 148 cm³/mol. The number of ether oxygens (including phenoxy) is 4. The van der Waals surface area contributed by atoms with Crippen LogP contribution in [0.4, 0.5) is 0 Å². The van der Waals surface area contributed by atoms with Crippen molar-refractivity contribution in [3.8, 4) is 0 Å². The van der Waals surface area contributed by atoms with Crippen LogP contribution < -0.4 is 0 Å². The van der Waals surface area contributed by atoms with Crippen LogP contribution in [0.5, 0.6) is 0 Å². The Hall–Kier alpha value is -2.30. The fourth-order valence-corrected chi connectivity index (χ4v) is 9.44. The molecule has 1 N–H and O–H groups in total. The summed E-state index contributed by atoms with van der Waals surface area (Å²) in [6.45, 7) is 0. The number of esters is 1. The van der Waals surface area contributed by atoms with Gasteiger partial charge in [-0.3, -0.25) is 4.55 Å². The summed E-state index contributed by atoms with van der Waals surface area (Å²) in [5.74, 6) is -0.405. The van der Waals surface area contributed by atoms with Crippen molar-refractivity contribution in [1.29, 1.82) is 0 Å². The van der Waals surface area contributed by atoms with Crippen molar-refractivity contribution in [2.45, 2.75) is 118 Å². The maximum absolute atomic E-state index is 14.3. The summed E-state index contributed by atoms with van der Waals surface area (Å²) in [7, 11) is -4.74. The van der Waals surface area contributed by atoms with E-state index in [2.05, 4.69) is 12.1 Å². The molecule has 6 bridgehead atoms. The van der Waals surface area contributed by atoms with Gasteiger partial charge in [0.25, 0.3) is 5.44 Å². The van der Waals surface area contributed by atoms with Gasteiger partial charge in [0, 0.05) is 23.3 Å². The zero-order chi connectivity index (χ0) is 27.9. The van der Waals surface area contributed by atoms with Gasteiger partial charge in [0.1, 0.15) is 0 Å². The fraction of sp³-hybridized carbons (Fsp3) is 0.594. The first-order valence-corrected chi connectivity index (χ1v) is 16.7. The lowest BCUT2D eigenvalue weighted by Crippen LogP contribution is -2.27. The van der Waals surface area contributed by atoms with Gasteiger partial charge in [0.05, 0.1) is 42.2 Å². The molecule has 6 heterocycles. The zero-order valence-electron chi connectivity index (χ0n) is 22.9. The molecule has 0 aromatic heterocycles. The van der Waals surface area contributed by atoms with Gasteiger partial charge in [-0.1, -0.05) is 42.5 Å². The van der Waals surface area contributed by atoms with Crippen molar-refractivity contribution in [1.82, 2.24) is 0 Å². The molecular weight excluding hydrogens is 544 g/mol. The zero-order valence-corrected chi connectivity index (χ0v) is 23.7. The minimum absolute atomic E-state index is 0.0219. The quantitative estimate of drug-likeness (QED) is 0.336. The largest absolute Gasteiger partial charge is 0.435 e. The molecule has 0 amide bonds. The predicted octanol–water partition coefficient (Wildman–Crippen LogP) is 5.53. The van der Waals surface area contributed by atoms with Crippen LogP contribution in [-0.2, 0) is 29.1 Å². The first-order chi connectivity index (χ1) is 19.8. The Kier molecular flexibility index (Phi) is 6.34. The van der Waals surface area contributed by atoms with Gasteiger partial charge in [0.2, 0.25) is 0 Å². The van der Waals surface area contributed by atoms with E-state index in [1.807, 2.05) is 0 Å². The number of benzene rings is 2. The summed E-state index contributed by atoms with van der Waals surface area (Å²) in [6.07, 6.45) is 9.57. The highest BCUT2D eigenvalue weighted by Crippen LogP contribution is 2.52. The van der Waals surface area contributed by atoms with E-state index in [0.717, 1.165) is 68.9 Å². The number of hydrogen-bond acceptors (Lipinski definition) is 7. The maximum Gasteiger partial charge on any atom is 0.340 e. The Morgan fingerprint density at radius 2 is 1.24 bits per heavy atom. The molecule has 9 heteroatoms. The molecule has 2 aromatic carbocycles. The van der Waals surface area contributed by atoms with E-state index in [0.29, 0.717) is 11.7 Å². The minimum Gasteiger partial charge on any atom is -0.435 e. The van der Waals surface area contributed by atoms with Gasteiger partial charge < -0.3 is 18.9 Å². The highest BCUT2D eigenvalue weighted by molar-refractivity contribution is 7.85. The van der Waals surface area contributed by atoms with Crippen LogP contribution in [0.25, 0.3) is 0 Å². The molecule has 6 aliphatic heterocycles. The molecular formula is C32H36O8S. The molecule has 0 radical (unpaired) electrons. The van der Waals surface area contributed by atoms with Crippen molar-refractivity contribution in [3.05, 3.63) is 70.3 Å². The topological polar surface area (TPSA) is 108 Å². The Balaban J connectivity index is 1.26. The number of hydrogen-bond donors (Lipinski definition) is 1. The summed E-state index contributed by atoms with van der Waals surface area (Å²) < 4.78 is 59.8. The molecule has 10 unspecified atom stereocenters. The fourth-order valence-electron chi connectivity index (χ4n) is 8.73. The molecule has 0 aliphatic carbocycles. The Morgan fingerprint density at radius 3 is 1.66 bits per heavy atom. The molecule has 10 atom stereocenters. The third-order valence-corrected chi connectivity index (χ3v) is 11.4. The smallest absolute Gasteiger partial charge is 0.340 e. The second kappa shape index (κ2) is 9.88. The molecule has 0 saturated carbocycles. The van der Waals surface area contributed by atoms with Gasteiger partial charge in [-0.05, 0) is 74.5 Å².